The van der Waals surface area contributed by atoms with Crippen molar-refractivity contribution < 1.29 is 9.18 Å². The number of carbonyl (C=O) groups excluding carboxylic acids is 1. The van der Waals surface area contributed by atoms with E-state index in [1.54, 1.807) is 23.7 Å². The number of carbonyl (C=O) groups is 1. The second kappa shape index (κ2) is 6.39. The molecule has 0 aliphatic carbocycles. The molecule has 8 heteroatoms. The fourth-order valence-electron chi connectivity index (χ4n) is 3.41. The number of halogens is 1. The van der Waals surface area contributed by atoms with Crippen LogP contribution in [0.2, 0.25) is 0 Å². The van der Waals surface area contributed by atoms with Crippen molar-refractivity contribution in [1.82, 2.24) is 19.6 Å². The van der Waals surface area contributed by atoms with Crippen LogP contribution >= 0.6 is 0 Å². The maximum atomic E-state index is 15.3. The first-order valence-electron chi connectivity index (χ1n) is 8.60. The van der Waals surface area contributed by atoms with E-state index >= 15 is 4.39 Å². The molecule has 0 fully saturated rings. The number of pyridine rings is 1. The van der Waals surface area contributed by atoms with Crippen LogP contribution in [0.25, 0.3) is 27.7 Å². The van der Waals surface area contributed by atoms with Crippen LogP contribution in [0.4, 0.5) is 15.9 Å². The highest BCUT2D eigenvalue weighted by Crippen LogP contribution is 2.39. The van der Waals surface area contributed by atoms with Crippen LogP contribution in [0.5, 0.6) is 0 Å². The lowest BCUT2D eigenvalue weighted by Crippen LogP contribution is -2.18. The zero-order valence-electron chi connectivity index (χ0n) is 15.2. The van der Waals surface area contributed by atoms with Gasteiger partial charge in [0.15, 0.2) is 11.6 Å². The Morgan fingerprint density at radius 1 is 1.37 bits per heavy atom. The van der Waals surface area contributed by atoms with Crippen LogP contribution in [0, 0.1) is 12.7 Å². The number of aromatic amines is 1. The van der Waals surface area contributed by atoms with E-state index in [4.69, 9.17) is 0 Å². The van der Waals surface area contributed by atoms with Crippen LogP contribution in [-0.4, -0.2) is 39.6 Å². The van der Waals surface area contributed by atoms with Crippen LogP contribution in [0.1, 0.15) is 12.5 Å². The fraction of sp³-hybridized carbons (Fsp3) is 0.211. The van der Waals surface area contributed by atoms with Crippen LogP contribution in [0.15, 0.2) is 30.7 Å². The third-order valence-electron chi connectivity index (χ3n) is 4.86. The third-order valence-corrected chi connectivity index (χ3v) is 4.86. The van der Waals surface area contributed by atoms with Crippen molar-refractivity contribution in [2.75, 3.05) is 23.8 Å². The first kappa shape index (κ1) is 17.0. The third kappa shape index (κ3) is 2.61. The van der Waals surface area contributed by atoms with Gasteiger partial charge in [-0.1, -0.05) is 0 Å². The van der Waals surface area contributed by atoms with Crippen LogP contribution < -0.4 is 10.2 Å². The predicted molar refractivity (Wildman–Crippen MR) is 104 cm³/mol. The van der Waals surface area contributed by atoms with Gasteiger partial charge in [0.25, 0.3) is 0 Å². The smallest absolute Gasteiger partial charge is 0.212 e. The monoisotopic (exact) mass is 366 g/mol. The van der Waals surface area contributed by atoms with Gasteiger partial charge in [-0.25, -0.2) is 9.37 Å². The molecule has 0 saturated carbocycles. The Kier molecular flexibility index (Phi) is 4.02. The van der Waals surface area contributed by atoms with Gasteiger partial charge in [-0.2, -0.15) is 5.10 Å². The number of imidazole rings is 1. The van der Waals surface area contributed by atoms with E-state index in [2.05, 4.69) is 20.5 Å². The van der Waals surface area contributed by atoms with Gasteiger partial charge >= 0.3 is 0 Å². The molecule has 0 aliphatic heterocycles. The van der Waals surface area contributed by atoms with E-state index < -0.39 is 0 Å². The second-order valence-electron chi connectivity index (χ2n) is 6.41. The molecule has 0 radical (unpaired) electrons. The van der Waals surface area contributed by atoms with Crippen molar-refractivity contribution in [1.29, 1.82) is 0 Å². The summed E-state index contributed by atoms with van der Waals surface area (Å²) in [5, 5.41) is 10.5. The minimum atomic E-state index is -0.264. The van der Waals surface area contributed by atoms with Crippen molar-refractivity contribution >= 4 is 34.5 Å². The molecule has 2 N–H and O–H groups in total. The van der Waals surface area contributed by atoms with Gasteiger partial charge in [-0.3, -0.25) is 9.89 Å². The van der Waals surface area contributed by atoms with Gasteiger partial charge in [-0.05, 0) is 37.1 Å². The molecule has 138 valence electrons. The van der Waals surface area contributed by atoms with Crippen LogP contribution in [-0.2, 0) is 4.79 Å². The van der Waals surface area contributed by atoms with E-state index in [1.807, 2.05) is 37.2 Å². The number of benzene rings is 1. The summed E-state index contributed by atoms with van der Waals surface area (Å²) in [6, 6.07) is 3.73. The average molecular weight is 366 g/mol. The molecule has 1 aromatic carbocycles. The molecule has 27 heavy (non-hydrogen) atoms. The van der Waals surface area contributed by atoms with E-state index in [1.165, 1.54) is 0 Å². The maximum absolute atomic E-state index is 15.3. The molecular formula is C19H19FN6O. The van der Waals surface area contributed by atoms with Crippen molar-refractivity contribution in [2.24, 2.45) is 0 Å². The Balaban J connectivity index is 1.96. The Morgan fingerprint density at radius 2 is 2.19 bits per heavy atom. The number of aromatic nitrogens is 4. The summed E-state index contributed by atoms with van der Waals surface area (Å²) in [6.07, 6.45) is 5.89. The lowest BCUT2D eigenvalue weighted by molar-refractivity contribution is -0.105. The number of H-pyrrole nitrogens is 1. The molecule has 0 unspecified atom stereocenters. The average Bonchev–Trinajstić information content (AvgIpc) is 3.28. The minimum absolute atomic E-state index is 0.264. The first-order chi connectivity index (χ1) is 13.0. The highest BCUT2D eigenvalue weighted by Gasteiger charge is 2.21. The number of nitrogens with zero attached hydrogens (tertiary/aromatic N) is 4. The quantitative estimate of drug-likeness (QED) is 0.531. The zero-order chi connectivity index (χ0) is 19.1. The molecule has 4 aromatic rings. The number of rotatable bonds is 5. The largest absolute Gasteiger partial charge is 0.371 e. The molecule has 0 saturated heterocycles. The lowest BCUT2D eigenvalue weighted by atomic mass is 9.96. The first-order valence-corrected chi connectivity index (χ1v) is 8.60. The van der Waals surface area contributed by atoms with Gasteiger partial charge in [-0.15, -0.1) is 0 Å². The number of hydrogen-bond donors (Lipinski definition) is 2. The van der Waals surface area contributed by atoms with Crippen molar-refractivity contribution in [3.63, 3.8) is 0 Å². The standard InChI is InChI=1S/C19H19FN6O/c1-4-25(3)19-17(20)11(2)16(13-7-22-24-18(13)19)12-5-6-15-23-14(21-10-27)9-26(15)8-12/h5-10H,4H2,1-3H3,(H,21,27)(H,22,24). The van der Waals surface area contributed by atoms with Gasteiger partial charge in [0.05, 0.1) is 23.6 Å². The Bertz CT molecular complexity index is 1160. The van der Waals surface area contributed by atoms with Gasteiger partial charge in [0.2, 0.25) is 6.41 Å². The van der Waals surface area contributed by atoms with Gasteiger partial charge in [0.1, 0.15) is 5.65 Å². The Hall–Kier alpha value is -3.42. The van der Waals surface area contributed by atoms with Crippen molar-refractivity contribution in [2.45, 2.75) is 13.8 Å². The molecule has 7 nitrogen and oxygen atoms in total. The second-order valence-corrected chi connectivity index (χ2v) is 6.41. The minimum Gasteiger partial charge on any atom is -0.371 e. The molecule has 0 bridgehead atoms. The Labute approximate surface area is 154 Å². The van der Waals surface area contributed by atoms with E-state index in [9.17, 15) is 4.79 Å². The molecule has 3 heterocycles. The topological polar surface area (TPSA) is 78.3 Å². The summed E-state index contributed by atoms with van der Waals surface area (Å²) in [7, 11) is 1.86. The van der Waals surface area contributed by atoms with Gasteiger partial charge in [0, 0.05) is 30.7 Å². The van der Waals surface area contributed by atoms with E-state index in [-0.39, 0.29) is 5.82 Å². The molecule has 0 atom stereocenters. The van der Waals surface area contributed by atoms with E-state index in [0.29, 0.717) is 41.2 Å². The molecular weight excluding hydrogens is 347 g/mol. The summed E-state index contributed by atoms with van der Waals surface area (Å²) in [5.74, 6) is 0.193. The number of nitrogens with one attached hydrogen (secondary N) is 2. The summed E-state index contributed by atoms with van der Waals surface area (Å²) in [6.45, 7) is 4.43. The predicted octanol–water partition coefficient (Wildman–Crippen LogP) is 3.35. The number of amides is 1. The summed E-state index contributed by atoms with van der Waals surface area (Å²) in [4.78, 5) is 16.8. The van der Waals surface area contributed by atoms with Crippen molar-refractivity contribution in [3.8, 4) is 11.1 Å². The zero-order valence-corrected chi connectivity index (χ0v) is 15.2. The Morgan fingerprint density at radius 3 is 2.93 bits per heavy atom. The number of anilines is 2. The molecule has 3 aromatic heterocycles. The maximum Gasteiger partial charge on any atom is 0.212 e. The molecule has 4 rings (SSSR count). The molecule has 1 amide bonds. The summed E-state index contributed by atoms with van der Waals surface area (Å²) in [5.41, 5.74) is 4.06. The van der Waals surface area contributed by atoms with Gasteiger partial charge < -0.3 is 14.6 Å². The summed E-state index contributed by atoms with van der Waals surface area (Å²) < 4.78 is 17.1. The van der Waals surface area contributed by atoms with Crippen molar-refractivity contribution in [3.05, 3.63) is 42.1 Å². The lowest BCUT2D eigenvalue weighted by Gasteiger charge is -2.21. The molecule has 0 aliphatic rings. The fourth-order valence-corrected chi connectivity index (χ4v) is 3.41. The SMILES string of the molecule is CCN(C)c1c(F)c(C)c(-c2ccc3nc(NC=O)cn3c2)c2cn[nH]c12. The number of hydrogen-bond acceptors (Lipinski definition) is 4. The highest BCUT2D eigenvalue weighted by molar-refractivity contribution is 6.03. The summed E-state index contributed by atoms with van der Waals surface area (Å²) >= 11 is 0. The highest BCUT2D eigenvalue weighted by atomic mass is 19.1. The van der Waals surface area contributed by atoms with Crippen LogP contribution in [0.3, 0.4) is 0 Å². The normalized spacial score (nSPS) is 11.3. The number of fused-ring (bicyclic) bond motifs is 2. The van der Waals surface area contributed by atoms with E-state index in [0.717, 1.165) is 16.5 Å². The molecule has 0 spiro atoms.